The lowest BCUT2D eigenvalue weighted by Crippen LogP contribution is -2.40. The highest BCUT2D eigenvalue weighted by Crippen LogP contribution is 2.37. The van der Waals surface area contributed by atoms with Crippen molar-refractivity contribution in [2.45, 2.75) is 6.92 Å². The summed E-state index contributed by atoms with van der Waals surface area (Å²) in [6.45, 7) is 4.73. The molecule has 2 aromatic heterocycles. The monoisotopic (exact) mass is 499 g/mol. The fourth-order valence-corrected chi connectivity index (χ4v) is 4.51. The first-order chi connectivity index (χ1) is 16.5. The maximum atomic E-state index is 6.42. The molecule has 0 aliphatic carbocycles. The summed E-state index contributed by atoms with van der Waals surface area (Å²) in [5, 5.41) is 11.6. The van der Waals surface area contributed by atoms with E-state index in [0.717, 1.165) is 40.8 Å². The van der Waals surface area contributed by atoms with Gasteiger partial charge in [0, 0.05) is 29.7 Å². The molecule has 34 heavy (non-hydrogen) atoms. The Morgan fingerprint density at radius 1 is 0.971 bits per heavy atom. The van der Waals surface area contributed by atoms with E-state index < -0.39 is 0 Å². The summed E-state index contributed by atoms with van der Waals surface area (Å²) in [7, 11) is 3.24. The lowest BCUT2D eigenvalue weighted by molar-refractivity contribution is -0.597. The van der Waals surface area contributed by atoms with Crippen LogP contribution in [0.2, 0.25) is 10.0 Å². The van der Waals surface area contributed by atoms with Crippen molar-refractivity contribution in [3.63, 3.8) is 0 Å². The van der Waals surface area contributed by atoms with E-state index in [9.17, 15) is 0 Å². The highest BCUT2D eigenvalue weighted by atomic mass is 35.5. The molecular formula is C24H23Cl2N5O3. The molecule has 0 amide bonds. The van der Waals surface area contributed by atoms with Crippen LogP contribution in [0.25, 0.3) is 28.0 Å². The Kier molecular flexibility index (Phi) is 6.20. The number of anilines is 1. The lowest BCUT2D eigenvalue weighted by Gasteiger charge is -2.25. The van der Waals surface area contributed by atoms with Crippen LogP contribution in [0.3, 0.4) is 0 Å². The van der Waals surface area contributed by atoms with E-state index in [2.05, 4.69) is 21.2 Å². The van der Waals surface area contributed by atoms with Crippen molar-refractivity contribution >= 4 is 39.9 Å². The van der Waals surface area contributed by atoms with Crippen molar-refractivity contribution in [3.8, 4) is 28.7 Å². The van der Waals surface area contributed by atoms with E-state index in [1.807, 2.05) is 35.8 Å². The number of hydrogen-bond donors (Lipinski definition) is 0. The molecule has 0 N–H and O–H groups in total. The average molecular weight is 500 g/mol. The molecule has 8 nitrogen and oxygen atoms in total. The topological polar surface area (TPSA) is 74.7 Å². The standard InChI is InChI=1S/C24H23Cl2N5O3/c1-14-10-16-12-20(32-2)21(33-3)13-17(16)22(15-4-5-18(25)19(26)11-15)31(14)24-27-23(28-29-24)30-6-8-34-9-7-30/h4-5,10-13H,6-9H2,1-3H3. The van der Waals surface area contributed by atoms with E-state index in [1.165, 1.54) is 0 Å². The van der Waals surface area contributed by atoms with Gasteiger partial charge in [0.25, 0.3) is 5.95 Å². The van der Waals surface area contributed by atoms with Crippen LogP contribution in [0, 0.1) is 6.92 Å². The molecule has 2 aromatic carbocycles. The van der Waals surface area contributed by atoms with Gasteiger partial charge in [0.2, 0.25) is 5.95 Å². The number of nitrogens with zero attached hydrogens (tertiary/aromatic N) is 5. The van der Waals surface area contributed by atoms with Gasteiger partial charge in [0.05, 0.1) is 43.2 Å². The molecule has 0 bridgehead atoms. The molecule has 0 unspecified atom stereocenters. The predicted octanol–water partition coefficient (Wildman–Crippen LogP) is 4.00. The molecule has 0 spiro atoms. The zero-order valence-corrected chi connectivity index (χ0v) is 20.5. The number of halogens is 2. The molecule has 176 valence electrons. The molecule has 1 aliphatic rings. The van der Waals surface area contributed by atoms with Crippen molar-refractivity contribution in [2.75, 3.05) is 45.4 Å². The van der Waals surface area contributed by atoms with Gasteiger partial charge in [-0.1, -0.05) is 29.3 Å². The minimum absolute atomic E-state index is 0.455. The first kappa shape index (κ1) is 22.7. The zero-order chi connectivity index (χ0) is 23.8. The number of aryl methyl sites for hydroxylation is 1. The van der Waals surface area contributed by atoms with Crippen molar-refractivity contribution in [2.24, 2.45) is 0 Å². The summed E-state index contributed by atoms with van der Waals surface area (Å²) in [6.07, 6.45) is 0. The fraction of sp³-hybridized carbons (Fsp3) is 0.292. The third-order valence-electron chi connectivity index (χ3n) is 5.87. The third-order valence-corrected chi connectivity index (χ3v) is 6.61. The number of aromatic nitrogens is 4. The second kappa shape index (κ2) is 9.29. The molecular weight excluding hydrogens is 477 g/mol. The second-order valence-corrected chi connectivity index (χ2v) is 8.72. The maximum Gasteiger partial charge on any atom is 0.257 e. The molecule has 0 atom stereocenters. The van der Waals surface area contributed by atoms with E-state index in [-0.39, 0.29) is 0 Å². The smallest absolute Gasteiger partial charge is 0.257 e. The van der Waals surface area contributed by atoms with Crippen LogP contribution >= 0.6 is 23.2 Å². The summed E-state index contributed by atoms with van der Waals surface area (Å²) in [4.78, 5) is 6.84. The number of benzene rings is 2. The number of fused-ring (bicyclic) bond motifs is 1. The molecule has 0 saturated carbocycles. The lowest BCUT2D eigenvalue weighted by atomic mass is 10.0. The minimum Gasteiger partial charge on any atom is -0.493 e. The van der Waals surface area contributed by atoms with Crippen molar-refractivity contribution in [1.29, 1.82) is 0 Å². The molecule has 1 fully saturated rings. The maximum absolute atomic E-state index is 6.42. The van der Waals surface area contributed by atoms with Crippen molar-refractivity contribution < 1.29 is 18.8 Å². The number of pyridine rings is 1. The molecule has 10 heteroatoms. The first-order valence-corrected chi connectivity index (χ1v) is 11.5. The van der Waals surface area contributed by atoms with Gasteiger partial charge in [-0.05, 0) is 42.6 Å². The Morgan fingerprint density at radius 3 is 2.41 bits per heavy atom. The Labute approximate surface area is 207 Å². The number of rotatable bonds is 5. The van der Waals surface area contributed by atoms with Crippen LogP contribution in [0.4, 0.5) is 5.95 Å². The summed E-state index contributed by atoms with van der Waals surface area (Å²) in [6, 6.07) is 11.5. The van der Waals surface area contributed by atoms with Crippen molar-refractivity contribution in [3.05, 3.63) is 52.1 Å². The number of morpholine rings is 1. The van der Waals surface area contributed by atoms with Gasteiger partial charge in [-0.3, -0.25) is 4.57 Å². The minimum atomic E-state index is 0.455. The first-order valence-electron chi connectivity index (χ1n) is 10.8. The Balaban J connectivity index is 1.77. The molecule has 0 radical (unpaired) electrons. The summed E-state index contributed by atoms with van der Waals surface area (Å²) in [5.74, 6) is 2.31. The second-order valence-electron chi connectivity index (χ2n) is 7.90. The number of methoxy groups -OCH3 is 2. The van der Waals surface area contributed by atoms with Crippen LogP contribution in [-0.2, 0) is 4.74 Å². The normalized spacial score (nSPS) is 14.0. The Bertz CT molecular complexity index is 1370. The predicted molar refractivity (Wildman–Crippen MR) is 131 cm³/mol. The van der Waals surface area contributed by atoms with Crippen LogP contribution < -0.4 is 23.9 Å². The third kappa shape index (κ3) is 4.02. The highest BCUT2D eigenvalue weighted by molar-refractivity contribution is 6.42. The Hall–Kier alpha value is -3.07. The Morgan fingerprint density at radius 2 is 1.71 bits per heavy atom. The fourth-order valence-electron chi connectivity index (χ4n) is 4.21. The molecule has 1 saturated heterocycles. The van der Waals surface area contributed by atoms with Gasteiger partial charge < -0.3 is 19.1 Å². The van der Waals surface area contributed by atoms with Gasteiger partial charge in [0.15, 0.2) is 11.5 Å². The highest BCUT2D eigenvalue weighted by Gasteiger charge is 2.22. The van der Waals surface area contributed by atoms with Crippen molar-refractivity contribution in [1.82, 2.24) is 15.2 Å². The summed E-state index contributed by atoms with van der Waals surface area (Å²) < 4.78 is 18.6. The summed E-state index contributed by atoms with van der Waals surface area (Å²) in [5.41, 5.74) is 2.62. The van der Waals surface area contributed by atoms with Crippen LogP contribution in [0.1, 0.15) is 5.69 Å². The van der Waals surface area contributed by atoms with Gasteiger partial charge in [-0.15, -0.1) is 10.2 Å². The van der Waals surface area contributed by atoms with Gasteiger partial charge in [-0.2, -0.15) is 4.98 Å². The summed E-state index contributed by atoms with van der Waals surface area (Å²) >= 11 is 12.6. The number of ether oxygens (including phenoxy) is 3. The van der Waals surface area contributed by atoms with Crippen LogP contribution in [0.15, 0.2) is 36.4 Å². The van der Waals surface area contributed by atoms with Crippen LogP contribution in [-0.4, -0.2) is 50.7 Å². The van der Waals surface area contributed by atoms with Gasteiger partial charge in [-0.25, -0.2) is 0 Å². The van der Waals surface area contributed by atoms with E-state index in [0.29, 0.717) is 46.7 Å². The van der Waals surface area contributed by atoms with E-state index in [4.69, 9.17) is 42.4 Å². The molecule has 1 aliphatic heterocycles. The average Bonchev–Trinajstić information content (AvgIpc) is 3.34. The largest absolute Gasteiger partial charge is 0.493 e. The number of hydrogen-bond acceptors (Lipinski definition) is 6. The SMILES string of the molecule is COc1cc2cc(C)[n+](-c3nnc(N4CCOCC4)[n-]3)c(-c3ccc(Cl)c(Cl)c3)c2cc1OC. The molecule has 4 aromatic rings. The van der Waals surface area contributed by atoms with E-state index in [1.54, 1.807) is 20.3 Å². The van der Waals surface area contributed by atoms with Gasteiger partial charge >= 0.3 is 0 Å². The van der Waals surface area contributed by atoms with E-state index >= 15 is 0 Å². The van der Waals surface area contributed by atoms with Crippen LogP contribution in [0.5, 0.6) is 11.5 Å². The quantitative estimate of drug-likeness (QED) is 0.384. The van der Waals surface area contributed by atoms with Gasteiger partial charge in [0.1, 0.15) is 0 Å². The molecule has 3 heterocycles. The zero-order valence-electron chi connectivity index (χ0n) is 19.0. The molecule has 5 rings (SSSR count).